The van der Waals surface area contributed by atoms with Crippen molar-refractivity contribution in [3.63, 3.8) is 0 Å². The fraction of sp³-hybridized carbons (Fsp3) is 0.478. The first-order valence-electron chi connectivity index (χ1n) is 9.87. The third-order valence-corrected chi connectivity index (χ3v) is 5.65. The molecule has 3 rings (SSSR count). The molecule has 146 valence electrons. The molecule has 0 saturated heterocycles. The maximum atomic E-state index is 10.6. The van der Waals surface area contributed by atoms with Crippen LogP contribution < -0.4 is 4.74 Å². The molecule has 1 aliphatic rings. The number of hydrogen-bond donors (Lipinski definition) is 2. The van der Waals surface area contributed by atoms with Crippen LogP contribution in [0.4, 0.5) is 0 Å². The van der Waals surface area contributed by atoms with Gasteiger partial charge in [-0.2, -0.15) is 0 Å². The Kier molecular flexibility index (Phi) is 6.27. The Balaban J connectivity index is 1.90. The number of nitrogens with zero attached hydrogens (tertiary/aromatic N) is 1. The Morgan fingerprint density at radius 1 is 0.963 bits per heavy atom. The van der Waals surface area contributed by atoms with E-state index in [2.05, 4.69) is 17.9 Å². The summed E-state index contributed by atoms with van der Waals surface area (Å²) in [6, 6.07) is 9.93. The third kappa shape index (κ3) is 4.75. The van der Waals surface area contributed by atoms with Crippen LogP contribution in [-0.4, -0.2) is 28.3 Å². The zero-order chi connectivity index (χ0) is 19.4. The summed E-state index contributed by atoms with van der Waals surface area (Å²) >= 11 is 0. The number of aryl methyl sites for hydroxylation is 2. The number of benzene rings is 2. The van der Waals surface area contributed by atoms with Gasteiger partial charge in [-0.05, 0) is 50.5 Å². The second kappa shape index (κ2) is 8.66. The lowest BCUT2D eigenvalue weighted by Gasteiger charge is -2.35. The van der Waals surface area contributed by atoms with Crippen molar-refractivity contribution in [3.8, 4) is 17.2 Å². The molecule has 0 radical (unpaired) electrons. The summed E-state index contributed by atoms with van der Waals surface area (Å²) in [7, 11) is 1.64. The smallest absolute Gasteiger partial charge is 0.122 e. The van der Waals surface area contributed by atoms with Gasteiger partial charge in [0.2, 0.25) is 0 Å². The molecule has 4 heteroatoms. The van der Waals surface area contributed by atoms with Crippen molar-refractivity contribution >= 4 is 0 Å². The number of methoxy groups -OCH3 is 1. The van der Waals surface area contributed by atoms with Gasteiger partial charge in [0.05, 0.1) is 7.11 Å². The summed E-state index contributed by atoms with van der Waals surface area (Å²) in [5, 5.41) is 20.9. The molecule has 2 N–H and O–H groups in total. The molecular formula is C23H31NO3. The fourth-order valence-electron chi connectivity index (χ4n) is 4.18. The minimum Gasteiger partial charge on any atom is -0.508 e. The summed E-state index contributed by atoms with van der Waals surface area (Å²) in [4.78, 5) is 2.40. The van der Waals surface area contributed by atoms with E-state index in [0.717, 1.165) is 40.8 Å². The number of ether oxygens (including phenoxy) is 1. The Morgan fingerprint density at radius 3 is 2.37 bits per heavy atom. The number of hydrogen-bond acceptors (Lipinski definition) is 4. The van der Waals surface area contributed by atoms with Gasteiger partial charge in [-0.25, -0.2) is 0 Å². The summed E-state index contributed by atoms with van der Waals surface area (Å²) in [5.41, 5.74) is 3.90. The normalized spacial score (nSPS) is 15.3. The van der Waals surface area contributed by atoms with Crippen LogP contribution in [0.2, 0.25) is 0 Å². The van der Waals surface area contributed by atoms with Crippen LogP contribution in [0.1, 0.15) is 54.4 Å². The molecule has 0 aromatic heterocycles. The van der Waals surface area contributed by atoms with Crippen LogP contribution in [0.15, 0.2) is 30.3 Å². The van der Waals surface area contributed by atoms with Crippen molar-refractivity contribution < 1.29 is 14.9 Å². The van der Waals surface area contributed by atoms with Crippen LogP contribution in [0.5, 0.6) is 17.2 Å². The maximum absolute atomic E-state index is 10.6. The minimum atomic E-state index is 0.293. The SMILES string of the molecule is COc1ccc(O)c(CN(Cc2cc(C)cc(C)c2O)C2CCCCC2)c1. The first kappa shape index (κ1) is 19.6. The molecule has 0 aliphatic heterocycles. The van der Waals surface area contributed by atoms with E-state index in [9.17, 15) is 10.2 Å². The van der Waals surface area contributed by atoms with Gasteiger partial charge in [0, 0.05) is 30.3 Å². The van der Waals surface area contributed by atoms with Crippen molar-refractivity contribution in [3.05, 3.63) is 52.6 Å². The highest BCUT2D eigenvalue weighted by Crippen LogP contribution is 2.32. The van der Waals surface area contributed by atoms with Gasteiger partial charge < -0.3 is 14.9 Å². The highest BCUT2D eigenvalue weighted by atomic mass is 16.5. The van der Waals surface area contributed by atoms with Gasteiger partial charge in [-0.3, -0.25) is 4.90 Å². The molecular weight excluding hydrogens is 338 g/mol. The van der Waals surface area contributed by atoms with E-state index in [-0.39, 0.29) is 0 Å². The molecule has 1 aliphatic carbocycles. The van der Waals surface area contributed by atoms with Crippen molar-refractivity contribution in [1.82, 2.24) is 4.90 Å². The van der Waals surface area contributed by atoms with Gasteiger partial charge >= 0.3 is 0 Å². The van der Waals surface area contributed by atoms with Crippen molar-refractivity contribution in [1.29, 1.82) is 0 Å². The molecule has 1 saturated carbocycles. The van der Waals surface area contributed by atoms with Crippen molar-refractivity contribution in [2.45, 2.75) is 65.1 Å². The lowest BCUT2D eigenvalue weighted by molar-refractivity contribution is 0.137. The number of aromatic hydroxyl groups is 2. The number of phenolic OH excluding ortho intramolecular Hbond substituents is 2. The summed E-state index contributed by atoms with van der Waals surface area (Å²) in [5.74, 6) is 1.43. The third-order valence-electron chi connectivity index (χ3n) is 5.65. The topological polar surface area (TPSA) is 52.9 Å². The molecule has 1 fully saturated rings. The molecule has 2 aromatic carbocycles. The molecule has 0 amide bonds. The Labute approximate surface area is 162 Å². The van der Waals surface area contributed by atoms with Gasteiger partial charge in [-0.1, -0.05) is 37.0 Å². The quantitative estimate of drug-likeness (QED) is 0.747. The van der Waals surface area contributed by atoms with E-state index < -0.39 is 0 Å². The van der Waals surface area contributed by atoms with E-state index in [1.54, 1.807) is 19.2 Å². The fourth-order valence-corrected chi connectivity index (χ4v) is 4.18. The van der Waals surface area contributed by atoms with Gasteiger partial charge in [0.15, 0.2) is 0 Å². The van der Waals surface area contributed by atoms with E-state index in [4.69, 9.17) is 4.74 Å². The van der Waals surface area contributed by atoms with Crippen LogP contribution in [0, 0.1) is 13.8 Å². The molecule has 2 aromatic rings. The number of phenols is 2. The summed E-state index contributed by atoms with van der Waals surface area (Å²) in [6.45, 7) is 5.33. The first-order chi connectivity index (χ1) is 13.0. The summed E-state index contributed by atoms with van der Waals surface area (Å²) < 4.78 is 5.34. The predicted molar refractivity (Wildman–Crippen MR) is 108 cm³/mol. The highest BCUT2D eigenvalue weighted by Gasteiger charge is 2.24. The second-order valence-corrected chi connectivity index (χ2v) is 7.78. The Hall–Kier alpha value is -2.20. The van der Waals surface area contributed by atoms with Gasteiger partial charge in [0.1, 0.15) is 17.2 Å². The average Bonchev–Trinajstić information content (AvgIpc) is 2.67. The molecule has 27 heavy (non-hydrogen) atoms. The van der Waals surface area contributed by atoms with Crippen LogP contribution in [0.3, 0.4) is 0 Å². The van der Waals surface area contributed by atoms with Crippen LogP contribution >= 0.6 is 0 Å². The lowest BCUT2D eigenvalue weighted by atomic mass is 9.93. The number of rotatable bonds is 6. The predicted octanol–water partition coefficient (Wildman–Crippen LogP) is 5.06. The average molecular weight is 370 g/mol. The summed E-state index contributed by atoms with van der Waals surface area (Å²) in [6.07, 6.45) is 6.10. The largest absolute Gasteiger partial charge is 0.508 e. The second-order valence-electron chi connectivity index (χ2n) is 7.78. The zero-order valence-electron chi connectivity index (χ0n) is 16.7. The van der Waals surface area contributed by atoms with Crippen LogP contribution in [0.25, 0.3) is 0 Å². The van der Waals surface area contributed by atoms with Crippen LogP contribution in [-0.2, 0) is 13.1 Å². The molecule has 0 bridgehead atoms. The highest BCUT2D eigenvalue weighted by molar-refractivity contribution is 5.43. The van der Waals surface area contributed by atoms with E-state index >= 15 is 0 Å². The molecule has 4 nitrogen and oxygen atoms in total. The molecule has 0 heterocycles. The van der Waals surface area contributed by atoms with Gasteiger partial charge in [-0.15, -0.1) is 0 Å². The van der Waals surface area contributed by atoms with E-state index in [1.165, 1.54) is 19.3 Å². The van der Waals surface area contributed by atoms with Crippen molar-refractivity contribution in [2.24, 2.45) is 0 Å². The van der Waals surface area contributed by atoms with E-state index in [1.807, 2.05) is 19.1 Å². The van der Waals surface area contributed by atoms with Gasteiger partial charge in [0.25, 0.3) is 0 Å². The molecule has 0 unspecified atom stereocenters. The Bertz CT molecular complexity index is 781. The standard InChI is InChI=1S/C23H31NO3/c1-16-11-17(2)23(26)19(12-16)15-24(20-7-5-4-6-8-20)14-18-13-21(27-3)9-10-22(18)25/h9-13,20,25-26H,4-8,14-15H2,1-3H3. The molecule has 0 atom stereocenters. The minimum absolute atomic E-state index is 0.293. The molecule has 0 spiro atoms. The zero-order valence-corrected chi connectivity index (χ0v) is 16.7. The maximum Gasteiger partial charge on any atom is 0.122 e. The van der Waals surface area contributed by atoms with Crippen molar-refractivity contribution in [2.75, 3.05) is 7.11 Å². The first-order valence-corrected chi connectivity index (χ1v) is 9.87. The van der Waals surface area contributed by atoms with E-state index in [0.29, 0.717) is 30.6 Å². The Morgan fingerprint density at radius 2 is 1.67 bits per heavy atom. The monoisotopic (exact) mass is 369 g/mol. The lowest BCUT2D eigenvalue weighted by Crippen LogP contribution is -2.36.